The van der Waals surface area contributed by atoms with Crippen molar-refractivity contribution < 1.29 is 4.92 Å². The minimum absolute atomic E-state index is 0.0756. The van der Waals surface area contributed by atoms with Crippen LogP contribution < -0.4 is 5.73 Å². The predicted molar refractivity (Wildman–Crippen MR) is 76.0 cm³/mol. The average molecular weight is 266 g/mol. The minimum Gasteiger partial charge on any atom is -0.383 e. The lowest BCUT2D eigenvalue weighted by Gasteiger charge is -2.06. The van der Waals surface area contributed by atoms with Gasteiger partial charge in [-0.25, -0.2) is 4.98 Å². The molecule has 0 aliphatic heterocycles. The van der Waals surface area contributed by atoms with E-state index in [1.807, 2.05) is 30.3 Å². The van der Waals surface area contributed by atoms with E-state index in [0.717, 1.165) is 16.5 Å². The van der Waals surface area contributed by atoms with E-state index in [1.54, 1.807) is 6.20 Å². The molecule has 0 radical (unpaired) electrons. The van der Waals surface area contributed by atoms with Crippen molar-refractivity contribution in [2.45, 2.75) is 0 Å². The Hall–Kier alpha value is -3.02. The van der Waals surface area contributed by atoms with Crippen LogP contribution >= 0.6 is 0 Å². The van der Waals surface area contributed by atoms with Gasteiger partial charge >= 0.3 is 0 Å². The Morgan fingerprint density at radius 2 is 2.00 bits per heavy atom. The summed E-state index contributed by atoms with van der Waals surface area (Å²) >= 11 is 0. The number of nitrogen functional groups attached to an aromatic ring is 1. The van der Waals surface area contributed by atoms with Gasteiger partial charge in [-0.3, -0.25) is 15.1 Å². The summed E-state index contributed by atoms with van der Waals surface area (Å²) in [5, 5.41) is 11.8. The van der Waals surface area contributed by atoms with E-state index < -0.39 is 4.92 Å². The molecule has 1 aromatic carbocycles. The number of benzene rings is 1. The summed E-state index contributed by atoms with van der Waals surface area (Å²) in [6.45, 7) is 0. The Bertz CT molecular complexity index is 812. The molecule has 0 aliphatic carbocycles. The number of hydrogen-bond acceptors (Lipinski definition) is 5. The zero-order valence-electron chi connectivity index (χ0n) is 10.4. The lowest BCUT2D eigenvalue weighted by Crippen LogP contribution is -1.97. The van der Waals surface area contributed by atoms with Crippen molar-refractivity contribution in [3.05, 3.63) is 58.8 Å². The molecule has 0 aliphatic rings. The number of rotatable bonds is 2. The summed E-state index contributed by atoms with van der Waals surface area (Å²) in [6, 6.07) is 11.9. The summed E-state index contributed by atoms with van der Waals surface area (Å²) in [5.74, 6) is 0.120. The second kappa shape index (κ2) is 4.58. The van der Waals surface area contributed by atoms with E-state index >= 15 is 0 Å². The van der Waals surface area contributed by atoms with Crippen LogP contribution in [0, 0.1) is 10.1 Å². The van der Waals surface area contributed by atoms with Crippen LogP contribution in [0.3, 0.4) is 0 Å². The molecule has 3 aromatic rings. The maximum Gasteiger partial charge on any atom is 0.275 e. The normalized spacial score (nSPS) is 10.6. The van der Waals surface area contributed by atoms with Gasteiger partial charge in [-0.2, -0.15) is 0 Å². The van der Waals surface area contributed by atoms with E-state index in [4.69, 9.17) is 5.73 Å². The average Bonchev–Trinajstić information content (AvgIpc) is 2.46. The van der Waals surface area contributed by atoms with Gasteiger partial charge in [0.2, 0.25) is 0 Å². The first-order valence-electron chi connectivity index (χ1n) is 5.91. The Balaban J connectivity index is 2.28. The topological polar surface area (TPSA) is 94.9 Å². The first-order chi connectivity index (χ1) is 9.65. The summed E-state index contributed by atoms with van der Waals surface area (Å²) in [6.07, 6.45) is 1.70. The molecular weight excluding hydrogens is 256 g/mol. The van der Waals surface area contributed by atoms with Crippen molar-refractivity contribution in [3.63, 3.8) is 0 Å². The predicted octanol–water partition coefficient (Wildman–Crippen LogP) is 2.79. The second-order valence-corrected chi connectivity index (χ2v) is 4.27. The zero-order chi connectivity index (χ0) is 14.1. The number of anilines is 1. The molecule has 2 aromatic heterocycles. The summed E-state index contributed by atoms with van der Waals surface area (Å²) in [7, 11) is 0. The molecular formula is C14H10N4O2. The third-order valence-corrected chi connectivity index (χ3v) is 2.96. The lowest BCUT2D eigenvalue weighted by atomic mass is 10.0. The molecule has 20 heavy (non-hydrogen) atoms. The summed E-state index contributed by atoms with van der Waals surface area (Å²) < 4.78 is 0. The monoisotopic (exact) mass is 266 g/mol. The van der Waals surface area contributed by atoms with Gasteiger partial charge in [-0.15, -0.1) is 0 Å². The van der Waals surface area contributed by atoms with Crippen LogP contribution in [-0.4, -0.2) is 14.9 Å². The van der Waals surface area contributed by atoms with E-state index in [0.29, 0.717) is 5.69 Å². The fourth-order valence-electron chi connectivity index (χ4n) is 2.11. The van der Waals surface area contributed by atoms with Crippen molar-refractivity contribution in [2.75, 3.05) is 5.73 Å². The molecule has 2 N–H and O–H groups in total. The van der Waals surface area contributed by atoms with Gasteiger partial charge in [0.1, 0.15) is 5.82 Å². The maximum atomic E-state index is 10.9. The molecule has 98 valence electrons. The Kier molecular flexibility index (Phi) is 2.76. The highest BCUT2D eigenvalue weighted by Gasteiger charge is 2.13. The molecule has 0 amide bonds. The molecule has 0 unspecified atom stereocenters. The Labute approximate surface area is 114 Å². The second-order valence-electron chi connectivity index (χ2n) is 4.27. The van der Waals surface area contributed by atoms with E-state index in [9.17, 15) is 10.1 Å². The molecule has 0 bridgehead atoms. The number of hydrogen-bond donors (Lipinski definition) is 1. The van der Waals surface area contributed by atoms with E-state index in [1.165, 1.54) is 12.1 Å². The van der Waals surface area contributed by atoms with Gasteiger partial charge in [0.05, 0.1) is 22.2 Å². The molecule has 6 nitrogen and oxygen atoms in total. The van der Waals surface area contributed by atoms with Gasteiger partial charge < -0.3 is 5.73 Å². The van der Waals surface area contributed by atoms with Gasteiger partial charge in [0, 0.05) is 23.2 Å². The number of fused-ring (bicyclic) bond motifs is 1. The molecule has 0 saturated heterocycles. The van der Waals surface area contributed by atoms with Crippen LogP contribution in [-0.2, 0) is 0 Å². The SMILES string of the molecule is Nc1cc([N+](=O)[O-])cc(-c2cccc3ncccc23)n1. The first kappa shape index (κ1) is 12.0. The quantitative estimate of drug-likeness (QED) is 0.568. The third kappa shape index (κ3) is 2.03. The largest absolute Gasteiger partial charge is 0.383 e. The molecule has 6 heteroatoms. The van der Waals surface area contributed by atoms with E-state index in [2.05, 4.69) is 9.97 Å². The Morgan fingerprint density at radius 3 is 2.80 bits per heavy atom. The highest BCUT2D eigenvalue weighted by atomic mass is 16.6. The van der Waals surface area contributed by atoms with Gasteiger partial charge in [-0.1, -0.05) is 18.2 Å². The van der Waals surface area contributed by atoms with Gasteiger partial charge in [0.15, 0.2) is 0 Å². The molecule has 3 rings (SSSR count). The molecule has 0 saturated carbocycles. The van der Waals surface area contributed by atoms with Crippen LogP contribution in [0.1, 0.15) is 0 Å². The van der Waals surface area contributed by atoms with Crippen LogP contribution in [0.2, 0.25) is 0 Å². The standard InChI is InChI=1S/C14H10N4O2/c15-14-8-9(18(19)20)7-13(17-14)11-3-1-5-12-10(11)4-2-6-16-12/h1-8H,(H2,15,17). The molecule has 2 heterocycles. The lowest BCUT2D eigenvalue weighted by molar-refractivity contribution is -0.384. The highest BCUT2D eigenvalue weighted by molar-refractivity contribution is 5.93. The number of nitro groups is 1. The van der Waals surface area contributed by atoms with Crippen molar-refractivity contribution >= 4 is 22.4 Å². The summed E-state index contributed by atoms with van der Waals surface area (Å²) in [5.41, 5.74) is 7.61. The Morgan fingerprint density at radius 1 is 1.15 bits per heavy atom. The fourth-order valence-corrected chi connectivity index (χ4v) is 2.11. The van der Waals surface area contributed by atoms with Crippen molar-refractivity contribution in [1.82, 2.24) is 9.97 Å². The minimum atomic E-state index is -0.481. The number of nitrogens with zero attached hydrogens (tertiary/aromatic N) is 3. The van der Waals surface area contributed by atoms with Gasteiger partial charge in [-0.05, 0) is 12.1 Å². The molecule has 0 fully saturated rings. The third-order valence-electron chi connectivity index (χ3n) is 2.96. The van der Waals surface area contributed by atoms with Crippen LogP contribution in [0.15, 0.2) is 48.7 Å². The zero-order valence-corrected chi connectivity index (χ0v) is 10.4. The van der Waals surface area contributed by atoms with Gasteiger partial charge in [0.25, 0.3) is 5.69 Å². The molecule has 0 spiro atoms. The van der Waals surface area contributed by atoms with Crippen molar-refractivity contribution in [3.8, 4) is 11.3 Å². The smallest absolute Gasteiger partial charge is 0.275 e. The van der Waals surface area contributed by atoms with Crippen LogP contribution in [0.25, 0.3) is 22.2 Å². The number of nitrogens with two attached hydrogens (primary N) is 1. The number of pyridine rings is 2. The van der Waals surface area contributed by atoms with E-state index in [-0.39, 0.29) is 11.5 Å². The number of aromatic nitrogens is 2. The highest BCUT2D eigenvalue weighted by Crippen LogP contribution is 2.29. The molecule has 0 atom stereocenters. The maximum absolute atomic E-state index is 10.9. The first-order valence-corrected chi connectivity index (χ1v) is 5.91. The van der Waals surface area contributed by atoms with Crippen LogP contribution in [0.5, 0.6) is 0 Å². The van der Waals surface area contributed by atoms with Crippen molar-refractivity contribution in [1.29, 1.82) is 0 Å². The fraction of sp³-hybridized carbons (Fsp3) is 0. The van der Waals surface area contributed by atoms with Crippen LogP contribution in [0.4, 0.5) is 11.5 Å². The summed E-state index contributed by atoms with van der Waals surface area (Å²) in [4.78, 5) is 18.9. The van der Waals surface area contributed by atoms with Crippen molar-refractivity contribution in [2.24, 2.45) is 0 Å².